The lowest BCUT2D eigenvalue weighted by Crippen LogP contribution is -2.23. The van der Waals surface area contributed by atoms with Gasteiger partial charge in [0.1, 0.15) is 11.5 Å². The van der Waals surface area contributed by atoms with Gasteiger partial charge < -0.3 is 14.8 Å². The Morgan fingerprint density at radius 1 is 1.03 bits per heavy atom. The van der Waals surface area contributed by atoms with E-state index >= 15 is 0 Å². The van der Waals surface area contributed by atoms with Crippen molar-refractivity contribution in [3.63, 3.8) is 0 Å². The Balaban J connectivity index is 1.77. The summed E-state index contributed by atoms with van der Waals surface area (Å²) in [7, 11) is 0. The topological polar surface area (TPSA) is 64.6 Å². The molecule has 1 N–H and O–H groups in total. The number of carbonyl (C=O) groups excluding carboxylic acids is 2. The summed E-state index contributed by atoms with van der Waals surface area (Å²) < 4.78 is 11.4. The lowest BCUT2D eigenvalue weighted by Gasteiger charge is -2.14. The zero-order valence-electron chi connectivity index (χ0n) is 18.2. The largest absolute Gasteiger partial charge is 0.494 e. The van der Waals surface area contributed by atoms with E-state index < -0.39 is 0 Å². The first-order valence-electron chi connectivity index (χ1n) is 10.6. The van der Waals surface area contributed by atoms with Crippen LogP contribution in [0.4, 0.5) is 0 Å². The molecule has 1 amide bonds. The van der Waals surface area contributed by atoms with Crippen molar-refractivity contribution in [2.24, 2.45) is 0 Å². The third-order valence-corrected chi connectivity index (χ3v) is 5.86. The summed E-state index contributed by atoms with van der Waals surface area (Å²) in [6, 6.07) is 12.8. The molecule has 1 heterocycles. The van der Waals surface area contributed by atoms with Crippen LogP contribution in [0.1, 0.15) is 52.3 Å². The van der Waals surface area contributed by atoms with E-state index in [-0.39, 0.29) is 12.5 Å². The van der Waals surface area contributed by atoms with Crippen LogP contribution < -0.4 is 14.8 Å². The highest BCUT2D eigenvalue weighted by atomic mass is 35.5. The molecule has 168 valence electrons. The number of halogens is 1. The van der Waals surface area contributed by atoms with Crippen LogP contribution in [-0.4, -0.2) is 25.4 Å². The van der Waals surface area contributed by atoms with E-state index in [0.717, 1.165) is 41.6 Å². The molecule has 1 aromatic heterocycles. The van der Waals surface area contributed by atoms with Gasteiger partial charge in [-0.05, 0) is 65.7 Å². The number of hydrogen-bond acceptors (Lipinski definition) is 5. The van der Waals surface area contributed by atoms with Crippen molar-refractivity contribution in [3.8, 4) is 22.6 Å². The van der Waals surface area contributed by atoms with Crippen molar-refractivity contribution >= 4 is 35.1 Å². The van der Waals surface area contributed by atoms with Crippen molar-refractivity contribution in [2.75, 3.05) is 13.2 Å². The van der Waals surface area contributed by atoms with E-state index in [2.05, 4.69) is 5.32 Å². The van der Waals surface area contributed by atoms with Crippen molar-refractivity contribution in [3.05, 3.63) is 68.9 Å². The highest BCUT2D eigenvalue weighted by Crippen LogP contribution is 2.30. The molecule has 0 fully saturated rings. The number of rotatable bonds is 11. The number of carbonyl (C=O) groups is 2. The molecular weight excluding hydrogens is 446 g/mol. The molecule has 2 aromatic carbocycles. The van der Waals surface area contributed by atoms with Gasteiger partial charge in [-0.3, -0.25) is 9.59 Å². The molecule has 0 bridgehead atoms. The second-order valence-corrected chi connectivity index (χ2v) is 8.55. The maximum atomic E-state index is 12.8. The molecular formula is C25H26ClNO4S. The maximum absolute atomic E-state index is 12.8. The van der Waals surface area contributed by atoms with Crippen LogP contribution in [0.15, 0.2) is 47.8 Å². The standard InChI is InChI=1S/C25H26ClNO4S/c1-3-9-30-20-6-7-22(23(26)13-20)25(29)27-14-18-11-17(5-8-24(18)31-10-4-2)19-12-21(15-28)32-16-19/h5-8,11-13,15-16H,3-4,9-10,14H2,1-2H3,(H,27,29). The van der Waals surface area contributed by atoms with Gasteiger partial charge >= 0.3 is 0 Å². The zero-order valence-corrected chi connectivity index (χ0v) is 19.7. The number of benzene rings is 2. The molecule has 32 heavy (non-hydrogen) atoms. The number of hydrogen-bond donors (Lipinski definition) is 1. The fourth-order valence-corrected chi connectivity index (χ4v) is 4.05. The Hall–Kier alpha value is -2.83. The second-order valence-electron chi connectivity index (χ2n) is 7.20. The highest BCUT2D eigenvalue weighted by molar-refractivity contribution is 7.12. The van der Waals surface area contributed by atoms with Gasteiger partial charge in [0, 0.05) is 12.1 Å². The minimum Gasteiger partial charge on any atom is -0.494 e. The van der Waals surface area contributed by atoms with E-state index in [1.54, 1.807) is 18.2 Å². The number of nitrogens with one attached hydrogen (secondary N) is 1. The minimum absolute atomic E-state index is 0.275. The predicted molar refractivity (Wildman–Crippen MR) is 129 cm³/mol. The monoisotopic (exact) mass is 471 g/mol. The first kappa shape index (κ1) is 23.8. The summed E-state index contributed by atoms with van der Waals surface area (Å²) in [4.78, 5) is 24.5. The average Bonchev–Trinajstić information content (AvgIpc) is 3.29. The highest BCUT2D eigenvalue weighted by Gasteiger charge is 2.14. The second kappa shape index (κ2) is 11.7. The van der Waals surface area contributed by atoms with Gasteiger partial charge in [-0.2, -0.15) is 0 Å². The molecule has 0 spiro atoms. The van der Waals surface area contributed by atoms with Crippen LogP contribution in [0.25, 0.3) is 11.1 Å². The van der Waals surface area contributed by atoms with Crippen molar-refractivity contribution < 1.29 is 19.1 Å². The van der Waals surface area contributed by atoms with Crippen molar-refractivity contribution in [1.29, 1.82) is 0 Å². The lowest BCUT2D eigenvalue weighted by molar-refractivity contribution is 0.0950. The Morgan fingerprint density at radius 2 is 1.81 bits per heavy atom. The molecule has 0 saturated heterocycles. The van der Waals surface area contributed by atoms with Crippen LogP contribution >= 0.6 is 22.9 Å². The summed E-state index contributed by atoms with van der Waals surface area (Å²) in [5.74, 6) is 1.08. The van der Waals surface area contributed by atoms with Gasteiger partial charge in [0.25, 0.3) is 5.91 Å². The van der Waals surface area contributed by atoms with Crippen LogP contribution in [0.2, 0.25) is 5.02 Å². The van der Waals surface area contributed by atoms with Gasteiger partial charge in [0.15, 0.2) is 6.29 Å². The quantitative estimate of drug-likeness (QED) is 0.329. The van der Waals surface area contributed by atoms with Crippen LogP contribution in [0.5, 0.6) is 11.5 Å². The number of thiophene rings is 1. The molecule has 3 aromatic rings. The number of amides is 1. The third kappa shape index (κ3) is 6.11. The fraction of sp³-hybridized carbons (Fsp3) is 0.280. The first-order valence-corrected chi connectivity index (χ1v) is 11.8. The van der Waals surface area contributed by atoms with E-state index in [0.29, 0.717) is 34.4 Å². The average molecular weight is 472 g/mol. The Morgan fingerprint density at radius 3 is 2.50 bits per heavy atom. The summed E-state index contributed by atoms with van der Waals surface area (Å²) in [6.45, 7) is 5.52. The van der Waals surface area contributed by atoms with Gasteiger partial charge in [-0.1, -0.05) is 31.5 Å². The third-order valence-electron chi connectivity index (χ3n) is 4.69. The summed E-state index contributed by atoms with van der Waals surface area (Å²) in [5.41, 5.74) is 3.15. The molecule has 0 aliphatic heterocycles. The van der Waals surface area contributed by atoms with Crippen LogP contribution in [0.3, 0.4) is 0 Å². The lowest BCUT2D eigenvalue weighted by atomic mass is 10.0. The Labute approximate surface area is 197 Å². The Bertz CT molecular complexity index is 1080. The van der Waals surface area contributed by atoms with Gasteiger partial charge in [0.05, 0.1) is 28.7 Å². The first-order chi connectivity index (χ1) is 15.5. The molecule has 0 atom stereocenters. The van der Waals surface area contributed by atoms with E-state index in [4.69, 9.17) is 21.1 Å². The summed E-state index contributed by atoms with van der Waals surface area (Å²) in [5, 5.41) is 5.21. The summed E-state index contributed by atoms with van der Waals surface area (Å²) >= 11 is 7.71. The Kier molecular flexibility index (Phi) is 8.71. The molecule has 0 saturated carbocycles. The van der Waals surface area contributed by atoms with Crippen LogP contribution in [-0.2, 0) is 6.54 Å². The van der Waals surface area contributed by atoms with Crippen molar-refractivity contribution in [2.45, 2.75) is 33.2 Å². The normalized spacial score (nSPS) is 10.6. The summed E-state index contributed by atoms with van der Waals surface area (Å²) in [6.07, 6.45) is 2.61. The van der Waals surface area contributed by atoms with Crippen LogP contribution in [0, 0.1) is 0 Å². The van der Waals surface area contributed by atoms with E-state index in [9.17, 15) is 9.59 Å². The molecule has 0 radical (unpaired) electrons. The molecule has 5 nitrogen and oxygen atoms in total. The maximum Gasteiger partial charge on any atom is 0.253 e. The molecule has 3 rings (SSSR count). The minimum atomic E-state index is -0.275. The van der Waals surface area contributed by atoms with E-state index in [1.807, 2.05) is 43.5 Å². The van der Waals surface area contributed by atoms with Crippen molar-refractivity contribution in [1.82, 2.24) is 5.32 Å². The number of aldehydes is 1. The number of ether oxygens (including phenoxy) is 2. The molecule has 0 aliphatic rings. The van der Waals surface area contributed by atoms with E-state index in [1.165, 1.54) is 11.3 Å². The zero-order chi connectivity index (χ0) is 22.9. The van der Waals surface area contributed by atoms with Gasteiger partial charge in [-0.15, -0.1) is 11.3 Å². The molecule has 0 aliphatic carbocycles. The smallest absolute Gasteiger partial charge is 0.253 e. The van der Waals surface area contributed by atoms with Gasteiger partial charge in [-0.25, -0.2) is 0 Å². The predicted octanol–water partition coefficient (Wildman–Crippen LogP) is 6.39. The SMILES string of the molecule is CCCOc1ccc(C(=O)NCc2cc(-c3csc(C=O)c3)ccc2OCCC)c(Cl)c1. The molecule has 0 unspecified atom stereocenters. The van der Waals surface area contributed by atoms with Gasteiger partial charge in [0.2, 0.25) is 0 Å². The molecule has 7 heteroatoms. The fourth-order valence-electron chi connectivity index (χ4n) is 3.08.